The first-order valence-corrected chi connectivity index (χ1v) is 30.9. The van der Waals surface area contributed by atoms with Gasteiger partial charge in [0.05, 0.1) is 0 Å². The molecule has 0 saturated heterocycles. The smallest absolute Gasteiger partial charge is 0.0311 e. The van der Waals surface area contributed by atoms with Crippen LogP contribution < -0.4 is 0 Å². The summed E-state index contributed by atoms with van der Waals surface area (Å²) in [5.74, 6) is 0.120. The molecular weight excluding hydrogens is 841 g/mol. The average molecular weight is 995 g/mol. The standard InChI is InChI=1S/C12H22.2C11H22.C9H18.C7H14.C6H14.2C5H12.2C2H6/c1-11-5-9-12(10-6-11)7-3-2-4-8-12;1-9-6-10(2,3)8-11(4,5)7-9;1-9-10(2,3)7-6-8-11(9,4)5;1-8-4-6-9(2,3)7-5-8;1-7-5-3-2-4-6-7;1-5-6(2,3)4;1-5(2,3)4;1-4-5(2)3;2*1-2/h11H,2-10H2,1H3;2*9H,6-8H2,1-5H3;8H,4-7H2,1-3H3;7H,2-6H2,1H3;5H2,1-4H3;1-4H3;5H,4H2,1-3H3;2*1-2H3/i11D;2*9D;8D;7D;;;;;. The second-order valence-electron chi connectivity index (χ2n) is 30.4. The van der Waals surface area contributed by atoms with Crippen molar-refractivity contribution in [2.24, 2.45) is 78.7 Å². The lowest BCUT2D eigenvalue weighted by Crippen LogP contribution is -2.38. The van der Waals surface area contributed by atoms with Gasteiger partial charge in [-0.3, -0.25) is 0 Å². The third kappa shape index (κ3) is 44.3. The molecule has 0 aliphatic heterocycles. The van der Waals surface area contributed by atoms with Gasteiger partial charge in [0.2, 0.25) is 0 Å². The first-order valence-electron chi connectivity index (χ1n) is 33.4. The molecule has 428 valence electrons. The summed E-state index contributed by atoms with van der Waals surface area (Å²) >= 11 is 0. The van der Waals surface area contributed by atoms with Crippen LogP contribution in [0.5, 0.6) is 0 Å². The highest BCUT2D eigenvalue weighted by atomic mass is 14.5. The Bertz CT molecular complexity index is 1280. The molecule has 6 aliphatic rings. The zero-order chi connectivity index (χ0) is 60.5. The van der Waals surface area contributed by atoms with Gasteiger partial charge in [0.1, 0.15) is 0 Å². The maximum absolute atomic E-state index is 8.43. The van der Waals surface area contributed by atoms with E-state index < -0.39 is 0 Å². The zero-order valence-electron chi connectivity index (χ0n) is 60.5. The summed E-state index contributed by atoms with van der Waals surface area (Å²) in [6, 6.07) is 0. The predicted molar refractivity (Wildman–Crippen MR) is 331 cm³/mol. The zero-order valence-corrected chi connectivity index (χ0v) is 55.5. The summed E-state index contributed by atoms with van der Waals surface area (Å²) in [4.78, 5) is 0. The van der Waals surface area contributed by atoms with Crippen molar-refractivity contribution in [3.8, 4) is 0 Å². The summed E-state index contributed by atoms with van der Waals surface area (Å²) < 4.78 is 40.0. The SMILES string of the molecule is CC.CC.CC(C)(C)C.CCC(C)(C)C.CCC(C)C.[2H]C1(C)C(C)(C)CCCC1(C)C.[2H]C1(C)CC(C)(C)CC(C)(C)C1.[2H]C1(C)CCC(C)(C)CC1.[2H]C1(C)CCC2(CCCCC2)CC1.[2H]C1(C)CCCCC1. The summed E-state index contributed by atoms with van der Waals surface area (Å²) in [6.45, 7) is 65.5. The summed E-state index contributed by atoms with van der Waals surface area (Å²) in [6.07, 6.45) is 32.7. The van der Waals surface area contributed by atoms with Crippen LogP contribution in [0.25, 0.3) is 0 Å². The first-order chi connectivity index (χ1) is 33.4. The quantitative estimate of drug-likeness (QED) is 0.246. The van der Waals surface area contributed by atoms with E-state index in [0.717, 1.165) is 57.3 Å². The van der Waals surface area contributed by atoms with Gasteiger partial charge in [0.25, 0.3) is 0 Å². The maximum Gasteiger partial charge on any atom is 0.0311 e. The number of hydrogen-bond donors (Lipinski definition) is 0. The Balaban J connectivity index is -0.000000388. The normalized spacial score (nSPS) is 27.0. The van der Waals surface area contributed by atoms with Crippen molar-refractivity contribution in [2.45, 2.75) is 375 Å². The molecular formula is C70H148. The lowest BCUT2D eigenvalue weighted by Gasteiger charge is -2.47. The van der Waals surface area contributed by atoms with Crippen LogP contribution >= 0.6 is 0 Å². The Labute approximate surface area is 458 Å². The largest absolute Gasteiger partial charge is 0.0683 e. The summed E-state index contributed by atoms with van der Waals surface area (Å²) in [7, 11) is 0. The lowest BCUT2D eigenvalue weighted by atomic mass is 9.58. The molecule has 0 nitrogen and oxygen atoms in total. The van der Waals surface area contributed by atoms with Gasteiger partial charge in [-0.05, 0) is 149 Å². The van der Waals surface area contributed by atoms with Crippen LogP contribution in [0.4, 0.5) is 0 Å². The van der Waals surface area contributed by atoms with Gasteiger partial charge in [-0.1, -0.05) is 304 Å². The van der Waals surface area contributed by atoms with Crippen molar-refractivity contribution < 1.29 is 6.85 Å². The number of hydrogen-bond acceptors (Lipinski definition) is 0. The van der Waals surface area contributed by atoms with E-state index in [0.29, 0.717) is 32.5 Å². The fourth-order valence-corrected chi connectivity index (χ4v) is 10.9. The Morgan fingerprint density at radius 2 is 0.729 bits per heavy atom. The molecule has 0 N–H and O–H groups in total. The minimum Gasteiger partial charge on any atom is -0.0683 e. The van der Waals surface area contributed by atoms with Crippen LogP contribution in [-0.4, -0.2) is 0 Å². The fourth-order valence-electron chi connectivity index (χ4n) is 10.9. The Hall–Kier alpha value is 0. The lowest BCUT2D eigenvalue weighted by molar-refractivity contribution is 0.0286. The van der Waals surface area contributed by atoms with E-state index in [-0.39, 0.29) is 40.3 Å². The molecule has 0 amide bonds. The van der Waals surface area contributed by atoms with E-state index in [1.54, 1.807) is 0 Å². The van der Waals surface area contributed by atoms with Crippen molar-refractivity contribution in [1.29, 1.82) is 0 Å². The van der Waals surface area contributed by atoms with Gasteiger partial charge in [-0.25, -0.2) is 0 Å². The first kappa shape index (κ1) is 66.1. The monoisotopic (exact) mass is 994 g/mol. The maximum atomic E-state index is 8.43. The van der Waals surface area contributed by atoms with Gasteiger partial charge in [-0.2, -0.15) is 0 Å². The van der Waals surface area contributed by atoms with Crippen molar-refractivity contribution in [3.63, 3.8) is 0 Å². The van der Waals surface area contributed by atoms with Crippen molar-refractivity contribution >= 4 is 0 Å². The molecule has 0 bridgehead atoms. The molecule has 0 unspecified atom stereocenters. The second kappa shape index (κ2) is 37.7. The summed E-state index contributed by atoms with van der Waals surface area (Å²) in [5, 5.41) is 0. The summed E-state index contributed by atoms with van der Waals surface area (Å²) in [5.41, 5.74) is 3.32. The minimum absolute atomic E-state index is 0.0712. The molecule has 0 atom stereocenters. The highest BCUT2D eigenvalue weighted by Crippen LogP contribution is 2.51. The molecule has 70 heavy (non-hydrogen) atoms. The Kier molecular flexibility index (Phi) is 35.6. The fraction of sp³-hybridized carbons (Fsp3) is 1.00. The average Bonchev–Trinajstić information content (AvgIpc) is 3.23. The molecule has 0 aromatic rings. The molecule has 6 saturated carbocycles. The van der Waals surface area contributed by atoms with Crippen LogP contribution in [0.1, 0.15) is 382 Å². The van der Waals surface area contributed by atoms with E-state index >= 15 is 0 Å². The Morgan fingerprint density at radius 1 is 0.429 bits per heavy atom. The third-order valence-corrected chi connectivity index (χ3v) is 16.3. The van der Waals surface area contributed by atoms with Crippen LogP contribution in [0.15, 0.2) is 0 Å². The van der Waals surface area contributed by atoms with Crippen LogP contribution in [0, 0.1) is 78.7 Å². The third-order valence-electron chi connectivity index (χ3n) is 16.3. The van der Waals surface area contributed by atoms with Crippen LogP contribution in [-0.2, 0) is 0 Å². The van der Waals surface area contributed by atoms with Gasteiger partial charge in [0.15, 0.2) is 0 Å². The van der Waals surface area contributed by atoms with Gasteiger partial charge >= 0.3 is 0 Å². The molecule has 0 aromatic heterocycles. The molecule has 0 heteroatoms. The van der Waals surface area contributed by atoms with E-state index in [1.807, 2.05) is 34.6 Å². The van der Waals surface area contributed by atoms with E-state index in [2.05, 4.69) is 173 Å². The van der Waals surface area contributed by atoms with Crippen molar-refractivity contribution in [1.82, 2.24) is 0 Å². The second-order valence-corrected chi connectivity index (χ2v) is 30.4. The molecule has 6 rings (SSSR count). The molecule has 6 aliphatic carbocycles. The van der Waals surface area contributed by atoms with Gasteiger partial charge in [0, 0.05) is 6.85 Å². The van der Waals surface area contributed by atoms with E-state index in [4.69, 9.17) is 6.85 Å². The molecule has 0 aromatic carbocycles. The minimum atomic E-state index is -0.280. The number of rotatable bonds is 1. The van der Waals surface area contributed by atoms with E-state index in [9.17, 15) is 0 Å². The highest BCUT2D eigenvalue weighted by molar-refractivity contribution is 4.91. The molecule has 0 heterocycles. The van der Waals surface area contributed by atoms with Gasteiger partial charge < -0.3 is 0 Å². The predicted octanol–water partition coefficient (Wildman–Crippen LogP) is 26.3. The van der Waals surface area contributed by atoms with Gasteiger partial charge in [-0.15, -0.1) is 0 Å². The molecule has 0 radical (unpaired) electrons. The van der Waals surface area contributed by atoms with Crippen LogP contribution in [0.2, 0.25) is 0 Å². The molecule has 1 spiro atoms. The highest BCUT2D eigenvalue weighted by Gasteiger charge is 2.40. The Morgan fingerprint density at radius 3 is 0.971 bits per heavy atom. The van der Waals surface area contributed by atoms with Crippen molar-refractivity contribution in [3.05, 3.63) is 0 Å². The molecule has 6 fully saturated rings. The van der Waals surface area contributed by atoms with E-state index in [1.165, 1.54) is 116 Å². The van der Waals surface area contributed by atoms with Crippen LogP contribution in [0.3, 0.4) is 0 Å². The van der Waals surface area contributed by atoms with Crippen molar-refractivity contribution in [2.75, 3.05) is 0 Å². The topological polar surface area (TPSA) is 0 Å².